The molecule has 0 saturated heterocycles. The Hall–Kier alpha value is -1.05. The van der Waals surface area contributed by atoms with Gasteiger partial charge in [-0.05, 0) is 11.4 Å². The van der Waals surface area contributed by atoms with Crippen molar-refractivity contribution in [3.8, 4) is 0 Å². The maximum atomic E-state index is 11.2. The summed E-state index contributed by atoms with van der Waals surface area (Å²) in [4.78, 5) is 11.2. The van der Waals surface area contributed by atoms with E-state index < -0.39 is 0 Å². The summed E-state index contributed by atoms with van der Waals surface area (Å²) in [6, 6.07) is 7.54. The van der Waals surface area contributed by atoms with E-state index in [-0.39, 0.29) is 11.6 Å². The third-order valence-corrected chi connectivity index (χ3v) is 2.07. The van der Waals surface area contributed by atoms with Crippen LogP contribution in [0.3, 0.4) is 0 Å². The van der Waals surface area contributed by atoms with Gasteiger partial charge in [-0.3, -0.25) is 4.79 Å². The molecule has 2 rings (SSSR count). The summed E-state index contributed by atoms with van der Waals surface area (Å²) in [6.07, 6.45) is 0.472. The van der Waals surface area contributed by atoms with Gasteiger partial charge in [0.25, 0.3) is 0 Å². The first-order chi connectivity index (χ1) is 5.29. The zero-order valence-electron chi connectivity index (χ0n) is 6.08. The largest absolute Gasteiger partial charge is 0.294 e. The molecule has 1 atom stereocenters. The minimum absolute atomic E-state index is 0.0706. The van der Waals surface area contributed by atoms with Crippen molar-refractivity contribution in [2.24, 2.45) is 0 Å². The van der Waals surface area contributed by atoms with Gasteiger partial charge >= 0.3 is 0 Å². The van der Waals surface area contributed by atoms with Gasteiger partial charge in [-0.25, -0.2) is 0 Å². The van der Waals surface area contributed by atoms with Crippen molar-refractivity contribution < 1.29 is 4.79 Å². The molecular weight excluding hydrogens is 135 g/mol. The van der Waals surface area contributed by atoms with Crippen LogP contribution in [0.15, 0.2) is 24.3 Å². The predicted octanol–water partition coefficient (Wildman–Crippen LogP) is 1.48. The predicted molar refractivity (Wildman–Crippen MR) is 43.9 cm³/mol. The first kappa shape index (κ1) is 6.65. The molecule has 1 aromatic carbocycles. The molecule has 0 amide bonds. The van der Waals surface area contributed by atoms with Crippen LogP contribution in [0.5, 0.6) is 0 Å². The van der Waals surface area contributed by atoms with Crippen molar-refractivity contribution in [2.75, 3.05) is 0 Å². The second-order valence-corrected chi connectivity index (χ2v) is 2.82. The number of hydrogen-bond donors (Lipinski definition) is 0. The Morgan fingerprint density at radius 3 is 2.82 bits per heavy atom. The summed E-state index contributed by atoms with van der Waals surface area (Å²) < 4.78 is 0. The lowest BCUT2D eigenvalue weighted by molar-refractivity contribution is 0.0993. The normalized spacial score (nSPS) is 21.8. The number of Topliss-reactive ketones (excluding diaryl/α,β-unsaturated/α-hetero) is 1. The Morgan fingerprint density at radius 1 is 1.36 bits per heavy atom. The van der Waals surface area contributed by atoms with E-state index in [9.17, 15) is 4.79 Å². The van der Waals surface area contributed by atoms with Crippen molar-refractivity contribution in [1.29, 1.82) is 0 Å². The fourth-order valence-electron chi connectivity index (χ4n) is 1.49. The van der Waals surface area contributed by atoms with E-state index in [2.05, 4.69) is 0 Å². The monoisotopic (exact) mass is 142 g/mol. The van der Waals surface area contributed by atoms with Crippen LogP contribution in [-0.2, 0) is 0 Å². The molecule has 1 aliphatic rings. The topological polar surface area (TPSA) is 17.1 Å². The Balaban J connectivity index is 2.60. The van der Waals surface area contributed by atoms with Crippen molar-refractivity contribution >= 4 is 13.6 Å². The van der Waals surface area contributed by atoms with E-state index in [4.69, 9.17) is 7.85 Å². The molecule has 2 heteroatoms. The van der Waals surface area contributed by atoms with Gasteiger partial charge in [-0.2, -0.15) is 0 Å². The van der Waals surface area contributed by atoms with Gasteiger partial charge in [0.2, 0.25) is 0 Å². The Labute approximate surface area is 66.8 Å². The van der Waals surface area contributed by atoms with E-state index >= 15 is 0 Å². The third-order valence-electron chi connectivity index (χ3n) is 2.07. The number of rotatable bonds is 0. The van der Waals surface area contributed by atoms with Gasteiger partial charge in [-0.15, -0.1) is 0 Å². The van der Waals surface area contributed by atoms with Crippen LogP contribution in [0.4, 0.5) is 0 Å². The van der Waals surface area contributed by atoms with Crippen LogP contribution >= 0.6 is 0 Å². The lowest BCUT2D eigenvalue weighted by atomic mass is 9.83. The van der Waals surface area contributed by atoms with Gasteiger partial charge in [0, 0.05) is 12.0 Å². The SMILES string of the molecule is [B]C1CC(=O)c2ccccc21. The van der Waals surface area contributed by atoms with Gasteiger partial charge in [0.1, 0.15) is 0 Å². The van der Waals surface area contributed by atoms with Crippen LogP contribution < -0.4 is 0 Å². The smallest absolute Gasteiger partial charge is 0.162 e. The Kier molecular flexibility index (Phi) is 1.35. The van der Waals surface area contributed by atoms with Crippen LogP contribution in [0.2, 0.25) is 0 Å². The minimum atomic E-state index is -0.0706. The molecule has 52 valence electrons. The molecule has 0 aromatic heterocycles. The standard InChI is InChI=1S/C9H7BO/c10-8-5-9(11)7-4-2-1-3-6(7)8/h1-4,8H,5H2. The molecule has 1 nitrogen and oxygen atoms in total. The van der Waals surface area contributed by atoms with Gasteiger partial charge < -0.3 is 0 Å². The van der Waals surface area contributed by atoms with E-state index in [1.54, 1.807) is 0 Å². The maximum Gasteiger partial charge on any atom is 0.162 e. The molecule has 0 N–H and O–H groups in total. The lowest BCUT2D eigenvalue weighted by Crippen LogP contribution is -1.91. The zero-order valence-corrected chi connectivity index (χ0v) is 6.08. The summed E-state index contributed by atoms with van der Waals surface area (Å²) in [6.45, 7) is 0. The highest BCUT2D eigenvalue weighted by atomic mass is 16.1. The number of carbonyl (C=O) groups is 1. The summed E-state index contributed by atoms with van der Waals surface area (Å²) >= 11 is 0. The molecule has 0 aliphatic heterocycles. The van der Waals surface area contributed by atoms with E-state index in [1.807, 2.05) is 24.3 Å². The van der Waals surface area contributed by atoms with E-state index in [1.165, 1.54) is 0 Å². The highest BCUT2D eigenvalue weighted by Gasteiger charge is 2.24. The third kappa shape index (κ3) is 0.899. The molecule has 0 spiro atoms. The molecule has 1 unspecified atom stereocenters. The molecule has 11 heavy (non-hydrogen) atoms. The first-order valence-corrected chi connectivity index (χ1v) is 3.67. The molecule has 0 bridgehead atoms. The number of fused-ring (bicyclic) bond motifs is 1. The molecule has 2 radical (unpaired) electrons. The van der Waals surface area contributed by atoms with Crippen molar-refractivity contribution in [2.45, 2.75) is 12.2 Å². The Morgan fingerprint density at radius 2 is 2.09 bits per heavy atom. The fraction of sp³-hybridized carbons (Fsp3) is 0.222. The van der Waals surface area contributed by atoms with E-state index in [0.29, 0.717) is 6.42 Å². The van der Waals surface area contributed by atoms with Crippen LogP contribution in [-0.4, -0.2) is 13.6 Å². The fourth-order valence-corrected chi connectivity index (χ4v) is 1.49. The molecule has 0 saturated carbocycles. The first-order valence-electron chi connectivity index (χ1n) is 3.67. The van der Waals surface area contributed by atoms with Crippen molar-refractivity contribution in [1.82, 2.24) is 0 Å². The van der Waals surface area contributed by atoms with Gasteiger partial charge in [-0.1, -0.05) is 24.3 Å². The molecule has 0 fully saturated rings. The zero-order chi connectivity index (χ0) is 7.84. The number of ketones is 1. The number of carbonyl (C=O) groups excluding carboxylic acids is 1. The molecule has 1 aliphatic carbocycles. The summed E-state index contributed by atoms with van der Waals surface area (Å²) in [5, 5.41) is 0. The quantitative estimate of drug-likeness (QED) is 0.501. The van der Waals surface area contributed by atoms with Crippen LogP contribution in [0.25, 0.3) is 0 Å². The average Bonchev–Trinajstić information content (AvgIpc) is 2.30. The highest BCUT2D eigenvalue weighted by Crippen LogP contribution is 2.29. The van der Waals surface area contributed by atoms with Crippen LogP contribution in [0.1, 0.15) is 28.2 Å². The second kappa shape index (κ2) is 2.23. The lowest BCUT2D eigenvalue weighted by Gasteiger charge is -2.00. The Bertz CT molecular complexity index is 306. The average molecular weight is 142 g/mol. The summed E-state index contributed by atoms with van der Waals surface area (Å²) in [7, 11) is 5.72. The minimum Gasteiger partial charge on any atom is -0.294 e. The maximum absolute atomic E-state index is 11.2. The molecular formula is C9H7BO. The number of hydrogen-bond acceptors (Lipinski definition) is 1. The molecule has 0 heterocycles. The van der Waals surface area contributed by atoms with E-state index in [0.717, 1.165) is 11.1 Å². The highest BCUT2D eigenvalue weighted by molar-refractivity contribution is 6.19. The van der Waals surface area contributed by atoms with Crippen molar-refractivity contribution in [3.63, 3.8) is 0 Å². The molecule has 1 aromatic rings. The summed E-state index contributed by atoms with van der Waals surface area (Å²) in [5.41, 5.74) is 1.80. The number of benzene rings is 1. The summed E-state index contributed by atoms with van der Waals surface area (Å²) in [5.74, 6) is 0.104. The van der Waals surface area contributed by atoms with Crippen molar-refractivity contribution in [3.05, 3.63) is 35.4 Å². The van der Waals surface area contributed by atoms with Gasteiger partial charge in [0.15, 0.2) is 5.78 Å². The second-order valence-electron chi connectivity index (χ2n) is 2.82. The van der Waals surface area contributed by atoms with Gasteiger partial charge in [0.05, 0.1) is 7.85 Å². The van der Waals surface area contributed by atoms with Crippen LogP contribution in [0, 0.1) is 0 Å².